The third kappa shape index (κ3) is 4.07. The van der Waals surface area contributed by atoms with E-state index in [1.165, 1.54) is 0 Å². The first-order chi connectivity index (χ1) is 11.5. The number of aromatic nitrogens is 1. The average molecular weight is 329 g/mol. The van der Waals surface area contributed by atoms with Gasteiger partial charge in [-0.15, -0.1) is 0 Å². The summed E-state index contributed by atoms with van der Waals surface area (Å²) in [5.74, 6) is 2.34. The summed E-state index contributed by atoms with van der Waals surface area (Å²) in [6.45, 7) is 6.65. The fraction of sp³-hybridized carbons (Fsp3) is 0.444. The third-order valence-corrected chi connectivity index (χ3v) is 3.75. The van der Waals surface area contributed by atoms with Gasteiger partial charge in [-0.1, -0.05) is 25.1 Å². The molecule has 1 fully saturated rings. The molecule has 6 heteroatoms. The fourth-order valence-corrected chi connectivity index (χ4v) is 2.37. The summed E-state index contributed by atoms with van der Waals surface area (Å²) in [5.41, 5.74) is 2.05. The molecular formula is C18H23N3O3. The van der Waals surface area contributed by atoms with Crippen molar-refractivity contribution < 1.29 is 14.1 Å². The molecule has 24 heavy (non-hydrogen) atoms. The van der Waals surface area contributed by atoms with Gasteiger partial charge in [0, 0.05) is 17.7 Å². The van der Waals surface area contributed by atoms with Crippen LogP contribution in [-0.2, 0) is 0 Å². The molecule has 0 aliphatic heterocycles. The highest BCUT2D eigenvalue weighted by Crippen LogP contribution is 2.44. The van der Waals surface area contributed by atoms with E-state index in [-0.39, 0.29) is 6.03 Å². The van der Waals surface area contributed by atoms with Gasteiger partial charge in [-0.2, -0.15) is 0 Å². The number of nitrogens with one attached hydrogen (secondary N) is 2. The van der Waals surface area contributed by atoms with Gasteiger partial charge in [0.05, 0.1) is 6.61 Å². The molecule has 0 bridgehead atoms. The molecule has 1 aromatic heterocycles. The van der Waals surface area contributed by atoms with Crippen LogP contribution in [0, 0.1) is 12.8 Å². The molecule has 1 aromatic carbocycles. The molecule has 1 aliphatic carbocycles. The van der Waals surface area contributed by atoms with Crippen molar-refractivity contribution in [2.24, 2.45) is 5.92 Å². The van der Waals surface area contributed by atoms with Crippen LogP contribution in [0.3, 0.4) is 0 Å². The molecule has 2 amide bonds. The lowest BCUT2D eigenvalue weighted by Gasteiger charge is -2.11. The number of carbonyl (C=O) groups excluding carboxylic acids is 1. The Morgan fingerprint density at radius 1 is 1.38 bits per heavy atom. The molecule has 128 valence electrons. The number of anilines is 2. The first-order valence-corrected chi connectivity index (χ1v) is 8.30. The zero-order chi connectivity index (χ0) is 17.1. The standard InChI is InChI=1S/C18H23N3O3/c1-11(2)10-23-15-6-4-5-14(9-15)19-18(22)20-16-12(3)21-24-17(16)13-7-8-13/h4-6,9,11,13H,7-8,10H2,1-3H3,(H2,19,20,22). The zero-order valence-corrected chi connectivity index (χ0v) is 14.3. The predicted molar refractivity (Wildman–Crippen MR) is 92.6 cm³/mol. The van der Waals surface area contributed by atoms with E-state index in [9.17, 15) is 4.79 Å². The average Bonchev–Trinajstić information content (AvgIpc) is 3.31. The van der Waals surface area contributed by atoms with Crippen molar-refractivity contribution in [2.75, 3.05) is 17.2 Å². The normalized spacial score (nSPS) is 13.8. The summed E-state index contributed by atoms with van der Waals surface area (Å²) in [4.78, 5) is 12.3. The number of rotatable bonds is 6. The van der Waals surface area contributed by atoms with Crippen molar-refractivity contribution in [2.45, 2.75) is 39.5 Å². The predicted octanol–water partition coefficient (Wildman–Crippen LogP) is 4.54. The Labute approximate surface area is 141 Å². The monoisotopic (exact) mass is 329 g/mol. The van der Waals surface area contributed by atoms with Gasteiger partial charge < -0.3 is 19.9 Å². The topological polar surface area (TPSA) is 76.4 Å². The Hall–Kier alpha value is -2.50. The van der Waals surface area contributed by atoms with Crippen LogP contribution in [0.4, 0.5) is 16.2 Å². The Balaban J connectivity index is 1.63. The van der Waals surface area contributed by atoms with E-state index in [1.54, 1.807) is 0 Å². The van der Waals surface area contributed by atoms with Crippen molar-refractivity contribution in [3.63, 3.8) is 0 Å². The highest BCUT2D eigenvalue weighted by Gasteiger charge is 2.32. The van der Waals surface area contributed by atoms with Gasteiger partial charge in [0.1, 0.15) is 17.1 Å². The molecule has 0 atom stereocenters. The Kier molecular flexibility index (Phi) is 4.74. The molecule has 0 radical (unpaired) electrons. The molecule has 1 aliphatic rings. The summed E-state index contributed by atoms with van der Waals surface area (Å²) in [5, 5.41) is 9.63. The second-order valence-corrected chi connectivity index (χ2v) is 6.59. The Morgan fingerprint density at radius 2 is 2.17 bits per heavy atom. The zero-order valence-electron chi connectivity index (χ0n) is 14.3. The molecule has 6 nitrogen and oxygen atoms in total. The number of hydrogen-bond donors (Lipinski definition) is 2. The summed E-state index contributed by atoms with van der Waals surface area (Å²) >= 11 is 0. The Bertz CT molecular complexity index is 720. The molecule has 3 rings (SSSR count). The molecule has 2 N–H and O–H groups in total. The van der Waals surface area contributed by atoms with Gasteiger partial charge in [0.15, 0.2) is 5.76 Å². The second-order valence-electron chi connectivity index (χ2n) is 6.59. The minimum Gasteiger partial charge on any atom is -0.493 e. The van der Waals surface area contributed by atoms with E-state index in [0.29, 0.717) is 35.5 Å². The maximum atomic E-state index is 12.3. The lowest BCUT2D eigenvalue weighted by molar-refractivity contribution is 0.262. The van der Waals surface area contributed by atoms with Gasteiger partial charge in [-0.3, -0.25) is 0 Å². The van der Waals surface area contributed by atoms with E-state index >= 15 is 0 Å². The number of amides is 2. The van der Waals surface area contributed by atoms with Crippen LogP contribution in [0.1, 0.15) is 44.1 Å². The fourth-order valence-electron chi connectivity index (χ4n) is 2.37. The first-order valence-electron chi connectivity index (χ1n) is 8.30. The van der Waals surface area contributed by atoms with E-state index in [4.69, 9.17) is 9.26 Å². The highest BCUT2D eigenvalue weighted by atomic mass is 16.5. The summed E-state index contributed by atoms with van der Waals surface area (Å²) in [6.07, 6.45) is 2.17. The molecular weight excluding hydrogens is 306 g/mol. The summed E-state index contributed by atoms with van der Waals surface area (Å²) in [7, 11) is 0. The minimum atomic E-state index is -0.316. The summed E-state index contributed by atoms with van der Waals surface area (Å²) < 4.78 is 11.0. The molecule has 0 saturated heterocycles. The number of aryl methyl sites for hydroxylation is 1. The maximum absolute atomic E-state index is 12.3. The van der Waals surface area contributed by atoms with E-state index in [1.807, 2.05) is 31.2 Å². The lowest BCUT2D eigenvalue weighted by Crippen LogP contribution is -2.20. The number of urea groups is 1. The second kappa shape index (κ2) is 6.95. The lowest BCUT2D eigenvalue weighted by atomic mass is 10.2. The van der Waals surface area contributed by atoms with Crippen LogP contribution >= 0.6 is 0 Å². The molecule has 2 aromatic rings. The SMILES string of the molecule is Cc1noc(C2CC2)c1NC(=O)Nc1cccc(OCC(C)C)c1. The highest BCUT2D eigenvalue weighted by molar-refractivity contribution is 6.00. The number of nitrogens with zero attached hydrogens (tertiary/aromatic N) is 1. The van der Waals surface area contributed by atoms with Gasteiger partial charge in [-0.05, 0) is 37.8 Å². The van der Waals surface area contributed by atoms with Gasteiger partial charge in [-0.25, -0.2) is 4.79 Å². The molecule has 0 spiro atoms. The van der Waals surface area contributed by atoms with Crippen LogP contribution in [0.2, 0.25) is 0 Å². The quantitative estimate of drug-likeness (QED) is 0.816. The van der Waals surface area contributed by atoms with Gasteiger partial charge in [0.25, 0.3) is 0 Å². The van der Waals surface area contributed by atoms with Crippen LogP contribution in [0.5, 0.6) is 5.75 Å². The molecule has 0 unspecified atom stereocenters. The number of hydrogen-bond acceptors (Lipinski definition) is 4. The van der Waals surface area contributed by atoms with E-state index < -0.39 is 0 Å². The van der Waals surface area contributed by atoms with E-state index in [0.717, 1.165) is 24.4 Å². The van der Waals surface area contributed by atoms with E-state index in [2.05, 4.69) is 29.6 Å². The first kappa shape index (κ1) is 16.4. The van der Waals surface area contributed by atoms with Crippen LogP contribution in [0.15, 0.2) is 28.8 Å². The van der Waals surface area contributed by atoms with Crippen molar-refractivity contribution in [1.29, 1.82) is 0 Å². The van der Waals surface area contributed by atoms with Gasteiger partial charge >= 0.3 is 6.03 Å². The van der Waals surface area contributed by atoms with Crippen molar-refractivity contribution in [3.05, 3.63) is 35.7 Å². The van der Waals surface area contributed by atoms with Crippen LogP contribution < -0.4 is 15.4 Å². The number of ether oxygens (including phenoxy) is 1. The largest absolute Gasteiger partial charge is 0.493 e. The number of carbonyl (C=O) groups is 1. The molecule has 1 heterocycles. The van der Waals surface area contributed by atoms with Crippen LogP contribution in [-0.4, -0.2) is 17.8 Å². The van der Waals surface area contributed by atoms with Crippen molar-refractivity contribution in [1.82, 2.24) is 5.16 Å². The van der Waals surface area contributed by atoms with Crippen molar-refractivity contribution in [3.8, 4) is 5.75 Å². The minimum absolute atomic E-state index is 0.316. The maximum Gasteiger partial charge on any atom is 0.323 e. The molecule has 1 saturated carbocycles. The smallest absolute Gasteiger partial charge is 0.323 e. The Morgan fingerprint density at radius 3 is 2.88 bits per heavy atom. The summed E-state index contributed by atoms with van der Waals surface area (Å²) in [6, 6.07) is 7.05. The third-order valence-electron chi connectivity index (χ3n) is 3.75. The number of benzene rings is 1. The van der Waals surface area contributed by atoms with Crippen LogP contribution in [0.25, 0.3) is 0 Å². The van der Waals surface area contributed by atoms with Gasteiger partial charge in [0.2, 0.25) is 0 Å². The van der Waals surface area contributed by atoms with Crippen molar-refractivity contribution >= 4 is 17.4 Å².